The summed E-state index contributed by atoms with van der Waals surface area (Å²) < 4.78 is 0. The van der Waals surface area contributed by atoms with Gasteiger partial charge in [0.1, 0.15) is 0 Å². The Kier molecular flexibility index (Phi) is 3.18. The molecule has 0 saturated heterocycles. The minimum atomic E-state index is -1.32. The Hall–Kier alpha value is -3.15. The quantitative estimate of drug-likeness (QED) is 0.590. The Morgan fingerprint density at radius 2 is 1.84 bits per heavy atom. The van der Waals surface area contributed by atoms with Gasteiger partial charge in [0.05, 0.1) is 0 Å². The van der Waals surface area contributed by atoms with Crippen molar-refractivity contribution in [1.82, 2.24) is 4.98 Å². The van der Waals surface area contributed by atoms with Crippen LogP contribution < -0.4 is 4.90 Å². The lowest BCUT2D eigenvalue weighted by Gasteiger charge is -2.25. The molecule has 4 rings (SSSR count). The van der Waals surface area contributed by atoms with E-state index in [1.54, 1.807) is 7.05 Å². The number of hydrogen-bond donors (Lipinski definition) is 1. The number of nitro groups is 1. The Morgan fingerprint density at radius 3 is 2.60 bits per heavy atom. The topological polar surface area (TPSA) is 79.2 Å². The summed E-state index contributed by atoms with van der Waals surface area (Å²) >= 11 is 0. The van der Waals surface area contributed by atoms with Crippen LogP contribution in [0.3, 0.4) is 0 Å². The van der Waals surface area contributed by atoms with Gasteiger partial charge in [0.25, 0.3) is 0 Å². The molecule has 0 unspecified atom stereocenters. The summed E-state index contributed by atoms with van der Waals surface area (Å²) in [5, 5.41) is 12.4. The summed E-state index contributed by atoms with van der Waals surface area (Å²) in [6.07, 6.45) is 0. The number of para-hydroxylation sites is 2. The van der Waals surface area contributed by atoms with Crippen LogP contribution in [-0.4, -0.2) is 29.4 Å². The molecule has 1 aliphatic heterocycles. The van der Waals surface area contributed by atoms with Gasteiger partial charge in [-0.15, -0.1) is 0 Å². The molecule has 1 aliphatic rings. The van der Waals surface area contributed by atoms with Crippen molar-refractivity contribution in [3.05, 3.63) is 75.5 Å². The predicted octanol–water partition coefficient (Wildman–Crippen LogP) is 3.02. The summed E-state index contributed by atoms with van der Waals surface area (Å²) in [6, 6.07) is 14.9. The zero-order valence-electron chi connectivity index (χ0n) is 13.9. The number of amides is 1. The number of nitrogens with one attached hydrogen (secondary N) is 1. The van der Waals surface area contributed by atoms with E-state index in [2.05, 4.69) is 4.98 Å². The minimum Gasteiger partial charge on any atom is -0.358 e. The first-order chi connectivity index (χ1) is 12.0. The Morgan fingerprint density at radius 1 is 1.16 bits per heavy atom. The number of aromatic nitrogens is 1. The smallest absolute Gasteiger partial charge is 0.248 e. The summed E-state index contributed by atoms with van der Waals surface area (Å²) in [7, 11) is 1.67. The van der Waals surface area contributed by atoms with Gasteiger partial charge in [-0.3, -0.25) is 14.9 Å². The third kappa shape index (κ3) is 1.94. The molecule has 6 heteroatoms. The maximum atomic E-state index is 13.3. The van der Waals surface area contributed by atoms with Gasteiger partial charge in [-0.1, -0.05) is 36.4 Å². The zero-order chi connectivity index (χ0) is 17.8. The monoisotopic (exact) mass is 335 g/mol. The highest BCUT2D eigenvalue weighted by Crippen LogP contribution is 2.48. The fourth-order valence-electron chi connectivity index (χ4n) is 4.13. The molecule has 2 heterocycles. The van der Waals surface area contributed by atoms with E-state index in [0.29, 0.717) is 11.1 Å². The molecule has 0 aliphatic carbocycles. The SMILES string of the molecule is Cc1[nH]c2ccccc2c1[C@]1(C[N+](=O)[O-])C(=O)N(C)c2ccccc21. The van der Waals surface area contributed by atoms with E-state index in [1.807, 2.05) is 55.5 Å². The van der Waals surface area contributed by atoms with Gasteiger partial charge in [-0.25, -0.2) is 0 Å². The highest BCUT2D eigenvalue weighted by atomic mass is 16.6. The molecule has 25 heavy (non-hydrogen) atoms. The highest BCUT2D eigenvalue weighted by Gasteiger charge is 2.56. The van der Waals surface area contributed by atoms with Crippen LogP contribution in [0.1, 0.15) is 16.8 Å². The van der Waals surface area contributed by atoms with Gasteiger partial charge >= 0.3 is 0 Å². The molecule has 0 bridgehead atoms. The molecule has 6 nitrogen and oxygen atoms in total. The van der Waals surface area contributed by atoms with Gasteiger partial charge in [0, 0.05) is 45.4 Å². The van der Waals surface area contributed by atoms with Crippen LogP contribution in [0.2, 0.25) is 0 Å². The van der Waals surface area contributed by atoms with Gasteiger partial charge in [-0.05, 0) is 19.1 Å². The van der Waals surface area contributed by atoms with E-state index in [1.165, 1.54) is 4.90 Å². The zero-order valence-corrected chi connectivity index (χ0v) is 13.9. The number of carbonyl (C=O) groups is 1. The van der Waals surface area contributed by atoms with Gasteiger partial charge in [0.2, 0.25) is 12.5 Å². The lowest BCUT2D eigenvalue weighted by Crippen LogP contribution is -2.45. The number of aryl methyl sites for hydroxylation is 1. The van der Waals surface area contributed by atoms with E-state index in [4.69, 9.17) is 0 Å². The first-order valence-corrected chi connectivity index (χ1v) is 8.04. The summed E-state index contributed by atoms with van der Waals surface area (Å²) in [5.74, 6) is -0.266. The molecule has 2 aromatic carbocycles. The van der Waals surface area contributed by atoms with Crippen molar-refractivity contribution in [3.63, 3.8) is 0 Å². The Balaban J connectivity index is 2.13. The maximum Gasteiger partial charge on any atom is 0.248 e. The molecule has 0 saturated carbocycles. The van der Waals surface area contributed by atoms with E-state index in [0.717, 1.165) is 22.3 Å². The van der Waals surface area contributed by atoms with Crippen LogP contribution in [0.15, 0.2) is 48.5 Å². The van der Waals surface area contributed by atoms with Crippen LogP contribution in [0.5, 0.6) is 0 Å². The average Bonchev–Trinajstić information content (AvgIpc) is 3.03. The van der Waals surface area contributed by atoms with Crippen LogP contribution in [-0.2, 0) is 10.2 Å². The first kappa shape index (κ1) is 15.4. The number of fused-ring (bicyclic) bond motifs is 2. The van der Waals surface area contributed by atoms with Crippen molar-refractivity contribution in [2.24, 2.45) is 0 Å². The van der Waals surface area contributed by atoms with Gasteiger partial charge < -0.3 is 9.88 Å². The average molecular weight is 335 g/mol. The fraction of sp³-hybridized carbons (Fsp3) is 0.211. The van der Waals surface area contributed by atoms with Crippen LogP contribution in [0.25, 0.3) is 10.9 Å². The second-order valence-electron chi connectivity index (χ2n) is 6.45. The van der Waals surface area contributed by atoms with Crippen molar-refractivity contribution in [2.75, 3.05) is 18.5 Å². The predicted molar refractivity (Wildman–Crippen MR) is 95.5 cm³/mol. The van der Waals surface area contributed by atoms with E-state index in [9.17, 15) is 14.9 Å². The minimum absolute atomic E-state index is 0.266. The third-order valence-corrected chi connectivity index (χ3v) is 5.08. The molecule has 0 fully saturated rings. The normalized spacial score (nSPS) is 19.4. The van der Waals surface area contributed by atoms with Crippen LogP contribution in [0, 0.1) is 17.0 Å². The number of likely N-dealkylation sites (N-methyl/N-ethyl adjacent to an activating group) is 1. The second-order valence-corrected chi connectivity index (χ2v) is 6.45. The molecule has 0 spiro atoms. The van der Waals surface area contributed by atoms with E-state index < -0.39 is 16.9 Å². The molecular formula is C19H17N3O3. The van der Waals surface area contributed by atoms with Crippen molar-refractivity contribution in [1.29, 1.82) is 0 Å². The number of rotatable bonds is 3. The molecule has 126 valence electrons. The highest BCUT2D eigenvalue weighted by molar-refractivity contribution is 6.12. The van der Waals surface area contributed by atoms with E-state index in [-0.39, 0.29) is 5.91 Å². The molecule has 1 atom stereocenters. The largest absolute Gasteiger partial charge is 0.358 e. The maximum absolute atomic E-state index is 13.3. The van der Waals surface area contributed by atoms with E-state index >= 15 is 0 Å². The van der Waals surface area contributed by atoms with Gasteiger partial charge in [0.15, 0.2) is 5.41 Å². The molecule has 3 aromatic rings. The van der Waals surface area contributed by atoms with Crippen LogP contribution >= 0.6 is 0 Å². The number of nitrogens with zero attached hydrogens (tertiary/aromatic N) is 2. The number of aromatic amines is 1. The standard InChI is InChI=1S/C19H17N3O3/c1-12-17(13-7-3-5-9-15(13)20-12)19(11-22(24)25)14-8-4-6-10-16(14)21(2)18(19)23/h3-10,20H,11H2,1-2H3/t19-/m1/s1. The lowest BCUT2D eigenvalue weighted by atomic mass is 9.74. The van der Waals surface area contributed by atoms with Crippen LogP contribution in [0.4, 0.5) is 5.69 Å². The number of benzene rings is 2. The summed E-state index contributed by atoms with van der Waals surface area (Å²) in [4.78, 5) is 29.3. The molecule has 1 aromatic heterocycles. The third-order valence-electron chi connectivity index (χ3n) is 5.08. The molecule has 1 N–H and O–H groups in total. The van der Waals surface area contributed by atoms with Crippen molar-refractivity contribution < 1.29 is 9.72 Å². The summed E-state index contributed by atoms with van der Waals surface area (Å²) in [5.41, 5.74) is 2.44. The Bertz CT molecular complexity index is 1020. The number of anilines is 1. The summed E-state index contributed by atoms with van der Waals surface area (Å²) in [6.45, 7) is 1.39. The van der Waals surface area contributed by atoms with Gasteiger partial charge in [-0.2, -0.15) is 0 Å². The number of hydrogen-bond acceptors (Lipinski definition) is 3. The second kappa shape index (κ2) is 5.17. The molecule has 0 radical (unpaired) electrons. The molecular weight excluding hydrogens is 318 g/mol. The number of carbonyl (C=O) groups excluding carboxylic acids is 1. The van der Waals surface area contributed by atoms with Crippen molar-refractivity contribution in [2.45, 2.75) is 12.3 Å². The Labute approximate surface area is 144 Å². The van der Waals surface area contributed by atoms with Crippen molar-refractivity contribution >= 4 is 22.5 Å². The van der Waals surface area contributed by atoms with Crippen molar-refractivity contribution in [3.8, 4) is 0 Å². The molecule has 1 amide bonds. The first-order valence-electron chi connectivity index (χ1n) is 8.04. The lowest BCUT2D eigenvalue weighted by molar-refractivity contribution is -0.486. The fourth-order valence-corrected chi connectivity index (χ4v) is 4.13. The number of H-pyrrole nitrogens is 1.